The Bertz CT molecular complexity index is 1090. The Morgan fingerprint density at radius 2 is 2.13 bits per heavy atom. The first-order chi connectivity index (χ1) is 14.5. The molecular weight excluding hydrogens is 386 g/mol. The van der Waals surface area contributed by atoms with E-state index >= 15 is 0 Å². The molecule has 2 aromatic heterocycles. The van der Waals surface area contributed by atoms with E-state index < -0.39 is 17.7 Å². The van der Waals surface area contributed by atoms with Gasteiger partial charge in [-0.15, -0.1) is 0 Å². The summed E-state index contributed by atoms with van der Waals surface area (Å²) in [6.07, 6.45) is 5.28. The van der Waals surface area contributed by atoms with Crippen LogP contribution in [0.2, 0.25) is 0 Å². The second kappa shape index (κ2) is 8.71. The van der Waals surface area contributed by atoms with Crippen molar-refractivity contribution >= 4 is 5.97 Å². The van der Waals surface area contributed by atoms with Crippen molar-refractivity contribution < 1.29 is 18.7 Å². The number of nitrogens with one attached hydrogen (secondary N) is 1. The Kier molecular flexibility index (Phi) is 5.85. The van der Waals surface area contributed by atoms with E-state index in [0.717, 1.165) is 29.9 Å². The summed E-state index contributed by atoms with van der Waals surface area (Å²) in [5.41, 5.74) is 4.41. The van der Waals surface area contributed by atoms with Gasteiger partial charge in [-0.05, 0) is 50.8 Å². The van der Waals surface area contributed by atoms with Crippen molar-refractivity contribution in [3.05, 3.63) is 69.7 Å². The molecule has 0 radical (unpaired) electrons. The first-order valence-electron chi connectivity index (χ1n) is 10.2. The predicted molar refractivity (Wildman–Crippen MR) is 109 cm³/mol. The summed E-state index contributed by atoms with van der Waals surface area (Å²) in [5, 5.41) is 12.9. The number of fused-ring (bicyclic) bond motifs is 3. The Morgan fingerprint density at radius 3 is 2.90 bits per heavy atom. The van der Waals surface area contributed by atoms with Crippen molar-refractivity contribution in [2.75, 3.05) is 6.54 Å². The molecule has 158 valence electrons. The van der Waals surface area contributed by atoms with Gasteiger partial charge in [0.2, 0.25) is 0 Å². The van der Waals surface area contributed by atoms with Crippen LogP contribution in [0.15, 0.2) is 44.2 Å². The van der Waals surface area contributed by atoms with E-state index in [1.54, 1.807) is 6.92 Å². The summed E-state index contributed by atoms with van der Waals surface area (Å²) >= 11 is 0. The number of benzene rings is 1. The number of hydrogen-bond acceptors (Lipinski definition) is 6. The van der Waals surface area contributed by atoms with Crippen LogP contribution in [0.5, 0.6) is 0 Å². The van der Waals surface area contributed by atoms with Gasteiger partial charge in [0.25, 0.3) is 0 Å². The van der Waals surface area contributed by atoms with E-state index in [0.29, 0.717) is 43.9 Å². The van der Waals surface area contributed by atoms with E-state index in [9.17, 15) is 14.7 Å². The van der Waals surface area contributed by atoms with E-state index in [1.807, 2.05) is 18.5 Å². The molecule has 30 heavy (non-hydrogen) atoms. The molecule has 0 spiro atoms. The van der Waals surface area contributed by atoms with Gasteiger partial charge in [-0.1, -0.05) is 18.2 Å². The fourth-order valence-corrected chi connectivity index (χ4v) is 4.02. The largest absolute Gasteiger partial charge is 0.519 e. The zero-order chi connectivity index (χ0) is 21.1. The van der Waals surface area contributed by atoms with Crippen molar-refractivity contribution in [1.29, 1.82) is 0 Å². The highest BCUT2D eigenvalue weighted by Gasteiger charge is 2.24. The van der Waals surface area contributed by atoms with Crippen LogP contribution < -0.4 is 11.1 Å². The number of rotatable bonds is 9. The molecule has 0 saturated carbocycles. The van der Waals surface area contributed by atoms with Gasteiger partial charge >= 0.3 is 11.8 Å². The van der Waals surface area contributed by atoms with Crippen LogP contribution in [-0.4, -0.2) is 27.2 Å². The number of carbonyl (C=O) groups is 1. The number of aromatic nitrogens is 2. The molecule has 1 aliphatic heterocycles. The monoisotopic (exact) mass is 411 g/mol. The predicted octanol–water partition coefficient (Wildman–Crippen LogP) is 2.64. The molecule has 0 aliphatic carbocycles. The normalized spacial score (nSPS) is 13.6. The van der Waals surface area contributed by atoms with Gasteiger partial charge in [0.05, 0.1) is 24.5 Å². The SMILES string of the molecule is Cc1oc(=O)oc1CNCCC[C@@H](Cc1ncn2c1CCc1ccccc1-2)C(=O)O. The van der Waals surface area contributed by atoms with E-state index in [2.05, 4.69) is 27.0 Å². The van der Waals surface area contributed by atoms with Gasteiger partial charge in [0.1, 0.15) is 5.76 Å². The van der Waals surface area contributed by atoms with Crippen LogP contribution in [-0.2, 0) is 30.6 Å². The molecule has 8 nitrogen and oxygen atoms in total. The van der Waals surface area contributed by atoms with Crippen LogP contribution in [0.25, 0.3) is 5.69 Å². The molecule has 2 N–H and O–H groups in total. The number of nitrogens with zero attached hydrogens (tertiary/aromatic N) is 2. The minimum absolute atomic E-state index is 0.378. The lowest BCUT2D eigenvalue weighted by molar-refractivity contribution is -0.142. The molecule has 1 aliphatic rings. The zero-order valence-corrected chi connectivity index (χ0v) is 16.9. The lowest BCUT2D eigenvalue weighted by Gasteiger charge is -2.20. The first-order valence-corrected chi connectivity index (χ1v) is 10.2. The standard InChI is InChI=1S/C22H25N3O5/c1-14-20(30-22(28)29-14)12-23-10-4-6-16(21(26)27)11-17-19-9-8-15-5-2-3-7-18(15)25(19)13-24-17/h2-3,5,7,13,16,23H,4,6,8-12H2,1H3,(H,26,27)/t16-/m0/s1. The molecule has 1 aromatic carbocycles. The van der Waals surface area contributed by atoms with Crippen molar-refractivity contribution in [3.63, 3.8) is 0 Å². The second-order valence-electron chi connectivity index (χ2n) is 7.63. The van der Waals surface area contributed by atoms with Crippen molar-refractivity contribution in [2.45, 2.75) is 45.6 Å². The minimum Gasteiger partial charge on any atom is -0.481 e. The maximum atomic E-state index is 11.8. The van der Waals surface area contributed by atoms with E-state index in [1.165, 1.54) is 5.56 Å². The molecule has 0 fully saturated rings. The van der Waals surface area contributed by atoms with Crippen LogP contribution >= 0.6 is 0 Å². The third-order valence-corrected chi connectivity index (χ3v) is 5.65. The summed E-state index contributed by atoms with van der Waals surface area (Å²) in [6, 6.07) is 8.25. The van der Waals surface area contributed by atoms with Gasteiger partial charge in [-0.3, -0.25) is 4.79 Å². The van der Waals surface area contributed by atoms with Crippen molar-refractivity contribution in [2.24, 2.45) is 5.92 Å². The highest BCUT2D eigenvalue weighted by molar-refractivity contribution is 5.70. The number of carboxylic acid groups (broad SMARTS) is 1. The Hall–Kier alpha value is -3.13. The number of carboxylic acids is 1. The fraction of sp³-hybridized carbons (Fsp3) is 0.409. The highest BCUT2D eigenvalue weighted by Crippen LogP contribution is 2.28. The minimum atomic E-state index is -0.801. The Morgan fingerprint density at radius 1 is 1.30 bits per heavy atom. The maximum Gasteiger partial charge on any atom is 0.519 e. The van der Waals surface area contributed by atoms with Crippen LogP contribution in [0.4, 0.5) is 0 Å². The molecule has 0 bridgehead atoms. The van der Waals surface area contributed by atoms with Crippen molar-refractivity contribution in [1.82, 2.24) is 14.9 Å². The molecule has 1 atom stereocenters. The zero-order valence-electron chi connectivity index (χ0n) is 16.9. The number of aryl methyl sites for hydroxylation is 2. The van der Waals surface area contributed by atoms with E-state index in [-0.39, 0.29) is 0 Å². The lowest BCUT2D eigenvalue weighted by Crippen LogP contribution is -2.21. The van der Waals surface area contributed by atoms with Gasteiger partial charge in [-0.25, -0.2) is 9.78 Å². The smallest absolute Gasteiger partial charge is 0.481 e. The number of imidazole rings is 1. The van der Waals surface area contributed by atoms with Crippen LogP contribution in [0, 0.1) is 12.8 Å². The third-order valence-electron chi connectivity index (χ3n) is 5.65. The second-order valence-corrected chi connectivity index (χ2v) is 7.63. The molecule has 0 saturated heterocycles. The molecule has 3 aromatic rings. The lowest BCUT2D eigenvalue weighted by atomic mass is 9.94. The maximum absolute atomic E-state index is 11.8. The Balaban J connectivity index is 1.34. The molecule has 3 heterocycles. The molecular formula is C22H25N3O5. The third kappa shape index (κ3) is 4.23. The number of aliphatic carboxylic acids is 1. The molecule has 0 amide bonds. The average Bonchev–Trinajstić information content (AvgIpc) is 3.29. The molecule has 0 unspecified atom stereocenters. The Labute approximate surface area is 173 Å². The summed E-state index contributed by atoms with van der Waals surface area (Å²) in [7, 11) is 0. The summed E-state index contributed by atoms with van der Waals surface area (Å²) in [4.78, 5) is 27.4. The molecule has 4 rings (SSSR count). The van der Waals surface area contributed by atoms with Gasteiger partial charge in [0.15, 0.2) is 5.76 Å². The van der Waals surface area contributed by atoms with Gasteiger partial charge < -0.3 is 23.8 Å². The van der Waals surface area contributed by atoms with Crippen molar-refractivity contribution in [3.8, 4) is 5.69 Å². The summed E-state index contributed by atoms with van der Waals surface area (Å²) < 4.78 is 11.9. The van der Waals surface area contributed by atoms with Crippen LogP contribution in [0.1, 0.15) is 41.3 Å². The van der Waals surface area contributed by atoms with Gasteiger partial charge in [0, 0.05) is 17.8 Å². The highest BCUT2D eigenvalue weighted by atomic mass is 16.6. The first kappa shape index (κ1) is 20.2. The average molecular weight is 411 g/mol. The molecule has 8 heteroatoms. The fourth-order valence-electron chi connectivity index (χ4n) is 4.02. The topological polar surface area (TPSA) is 111 Å². The summed E-state index contributed by atoms with van der Waals surface area (Å²) in [6.45, 7) is 2.67. The van der Waals surface area contributed by atoms with E-state index in [4.69, 9.17) is 8.83 Å². The van der Waals surface area contributed by atoms with Crippen LogP contribution in [0.3, 0.4) is 0 Å². The number of para-hydroxylation sites is 1. The number of hydrogen-bond donors (Lipinski definition) is 2. The quantitative estimate of drug-likeness (QED) is 0.521. The van der Waals surface area contributed by atoms with Gasteiger partial charge in [-0.2, -0.15) is 0 Å². The summed E-state index contributed by atoms with van der Waals surface area (Å²) in [5.74, 6) is -1.06.